The Morgan fingerprint density at radius 3 is 2.18 bits per heavy atom. The summed E-state index contributed by atoms with van der Waals surface area (Å²) in [6.07, 6.45) is 4.58. The Morgan fingerprint density at radius 1 is 1.09 bits per heavy atom. The fourth-order valence-electron chi connectivity index (χ4n) is 2.94. The van der Waals surface area contributed by atoms with Gasteiger partial charge in [-0.2, -0.15) is 0 Å². The first kappa shape index (κ1) is 6.47. The molecular formula is C10H17N. The lowest BCUT2D eigenvalue weighted by atomic mass is 9.87. The van der Waals surface area contributed by atoms with Gasteiger partial charge in [0.1, 0.15) is 0 Å². The van der Waals surface area contributed by atoms with Crippen molar-refractivity contribution in [2.75, 3.05) is 20.1 Å². The van der Waals surface area contributed by atoms with Crippen LogP contribution >= 0.6 is 0 Å². The van der Waals surface area contributed by atoms with Crippen molar-refractivity contribution < 1.29 is 0 Å². The number of hydrogen-bond acceptors (Lipinski definition) is 1. The molecule has 1 saturated heterocycles. The lowest BCUT2D eigenvalue weighted by Gasteiger charge is -2.30. The fraction of sp³-hybridized carbons (Fsp3) is 1.00. The van der Waals surface area contributed by atoms with Crippen molar-refractivity contribution in [3.05, 3.63) is 0 Å². The first-order chi connectivity index (χ1) is 5.36. The lowest BCUT2D eigenvalue weighted by Crippen LogP contribution is -2.31. The molecule has 0 aromatic heterocycles. The van der Waals surface area contributed by atoms with Crippen LogP contribution in [0.1, 0.15) is 19.3 Å². The highest BCUT2D eigenvalue weighted by atomic mass is 15.1. The van der Waals surface area contributed by atoms with Gasteiger partial charge in [-0.25, -0.2) is 0 Å². The summed E-state index contributed by atoms with van der Waals surface area (Å²) in [4.78, 5) is 2.48. The molecule has 1 nitrogen and oxygen atoms in total. The van der Waals surface area contributed by atoms with Gasteiger partial charge in [-0.1, -0.05) is 0 Å². The molecular weight excluding hydrogens is 134 g/mol. The van der Waals surface area contributed by atoms with Crippen molar-refractivity contribution >= 4 is 0 Å². The Morgan fingerprint density at radius 2 is 1.73 bits per heavy atom. The average molecular weight is 151 g/mol. The Kier molecular flexibility index (Phi) is 1.18. The SMILES string of the molecule is CN1CCC(C2C3CC32)CC1. The van der Waals surface area contributed by atoms with E-state index < -0.39 is 0 Å². The monoisotopic (exact) mass is 151 g/mol. The summed E-state index contributed by atoms with van der Waals surface area (Å²) >= 11 is 0. The van der Waals surface area contributed by atoms with Gasteiger partial charge in [0.05, 0.1) is 0 Å². The Balaban J connectivity index is 1.56. The van der Waals surface area contributed by atoms with Crippen molar-refractivity contribution in [2.24, 2.45) is 23.7 Å². The maximum atomic E-state index is 2.48. The first-order valence-corrected chi connectivity index (χ1v) is 5.05. The van der Waals surface area contributed by atoms with Crippen molar-refractivity contribution in [1.29, 1.82) is 0 Å². The van der Waals surface area contributed by atoms with Gasteiger partial charge in [0.15, 0.2) is 0 Å². The van der Waals surface area contributed by atoms with Crippen LogP contribution in [0.3, 0.4) is 0 Å². The third-order valence-corrected chi connectivity index (χ3v) is 4.05. The van der Waals surface area contributed by atoms with E-state index in [1.54, 1.807) is 6.42 Å². The maximum absolute atomic E-state index is 2.48. The van der Waals surface area contributed by atoms with Gasteiger partial charge in [0.25, 0.3) is 0 Å². The molecule has 62 valence electrons. The summed E-state index contributed by atoms with van der Waals surface area (Å²) < 4.78 is 0. The summed E-state index contributed by atoms with van der Waals surface area (Å²) in [5, 5.41) is 0. The number of piperidine rings is 1. The van der Waals surface area contributed by atoms with E-state index in [-0.39, 0.29) is 0 Å². The molecule has 3 fully saturated rings. The Bertz CT molecular complexity index is 162. The van der Waals surface area contributed by atoms with E-state index >= 15 is 0 Å². The van der Waals surface area contributed by atoms with Crippen molar-refractivity contribution in [3.8, 4) is 0 Å². The van der Waals surface area contributed by atoms with E-state index in [4.69, 9.17) is 0 Å². The molecule has 3 rings (SSSR count). The average Bonchev–Trinajstić information content (AvgIpc) is 2.80. The molecule has 11 heavy (non-hydrogen) atoms. The zero-order valence-corrected chi connectivity index (χ0v) is 7.29. The van der Waals surface area contributed by atoms with Crippen LogP contribution in [0.25, 0.3) is 0 Å². The first-order valence-electron chi connectivity index (χ1n) is 5.05. The summed E-state index contributed by atoms with van der Waals surface area (Å²) in [5.41, 5.74) is 0. The van der Waals surface area contributed by atoms with E-state index in [1.165, 1.54) is 43.7 Å². The fourth-order valence-corrected chi connectivity index (χ4v) is 2.94. The summed E-state index contributed by atoms with van der Waals surface area (Å²) in [5.74, 6) is 4.80. The molecule has 0 radical (unpaired) electrons. The number of likely N-dealkylation sites (tertiary alicyclic amines) is 1. The second kappa shape index (κ2) is 2.01. The topological polar surface area (TPSA) is 3.24 Å². The van der Waals surface area contributed by atoms with Crippen LogP contribution in [0.4, 0.5) is 0 Å². The minimum absolute atomic E-state index is 1.13. The van der Waals surface area contributed by atoms with Crippen molar-refractivity contribution in [1.82, 2.24) is 4.90 Å². The largest absolute Gasteiger partial charge is 0.306 e. The predicted octanol–water partition coefficient (Wildman–Crippen LogP) is 1.59. The number of nitrogens with zero attached hydrogens (tertiary/aromatic N) is 1. The normalized spacial score (nSPS) is 50.5. The molecule has 2 aliphatic carbocycles. The maximum Gasteiger partial charge on any atom is -0.00190 e. The second-order valence-electron chi connectivity index (χ2n) is 4.78. The molecule has 1 heterocycles. The van der Waals surface area contributed by atoms with E-state index in [0.29, 0.717) is 0 Å². The third kappa shape index (κ3) is 0.936. The molecule has 2 saturated carbocycles. The van der Waals surface area contributed by atoms with Crippen LogP contribution in [0, 0.1) is 23.7 Å². The van der Waals surface area contributed by atoms with Gasteiger partial charge >= 0.3 is 0 Å². The standard InChI is InChI=1S/C10H17N/c1-11-4-2-7(3-5-11)10-8-6-9(8)10/h7-10H,2-6H2,1H3. The van der Waals surface area contributed by atoms with E-state index in [0.717, 1.165) is 5.92 Å². The number of rotatable bonds is 1. The van der Waals surface area contributed by atoms with Crippen LogP contribution in [-0.4, -0.2) is 25.0 Å². The minimum Gasteiger partial charge on any atom is -0.306 e. The molecule has 0 aromatic rings. The molecule has 2 unspecified atom stereocenters. The van der Waals surface area contributed by atoms with Crippen molar-refractivity contribution in [2.45, 2.75) is 19.3 Å². The highest BCUT2D eigenvalue weighted by Gasteiger charge is 2.65. The zero-order chi connectivity index (χ0) is 7.42. The molecule has 0 N–H and O–H groups in total. The molecule has 0 aromatic carbocycles. The molecule has 1 heteroatoms. The van der Waals surface area contributed by atoms with E-state index in [2.05, 4.69) is 11.9 Å². The molecule has 3 aliphatic rings. The predicted molar refractivity (Wildman–Crippen MR) is 45.3 cm³/mol. The third-order valence-electron chi connectivity index (χ3n) is 4.05. The van der Waals surface area contributed by atoms with Gasteiger partial charge in [-0.3, -0.25) is 0 Å². The van der Waals surface area contributed by atoms with Gasteiger partial charge in [-0.05, 0) is 63.1 Å². The van der Waals surface area contributed by atoms with Crippen LogP contribution in [0.15, 0.2) is 0 Å². The van der Waals surface area contributed by atoms with E-state index in [1.807, 2.05) is 0 Å². The number of fused-ring (bicyclic) bond motifs is 1. The second-order valence-corrected chi connectivity index (χ2v) is 4.78. The Hall–Kier alpha value is -0.0400. The molecule has 0 amide bonds. The quantitative estimate of drug-likeness (QED) is 0.550. The van der Waals surface area contributed by atoms with Gasteiger partial charge < -0.3 is 4.90 Å². The van der Waals surface area contributed by atoms with Gasteiger partial charge in [0, 0.05) is 0 Å². The summed E-state index contributed by atoms with van der Waals surface area (Å²) in [6.45, 7) is 2.72. The Labute approximate surface area is 68.8 Å². The molecule has 0 bridgehead atoms. The minimum atomic E-state index is 1.13. The van der Waals surface area contributed by atoms with Crippen LogP contribution in [0.2, 0.25) is 0 Å². The summed E-state index contributed by atoms with van der Waals surface area (Å²) in [6, 6.07) is 0. The van der Waals surface area contributed by atoms with Crippen molar-refractivity contribution in [3.63, 3.8) is 0 Å². The lowest BCUT2D eigenvalue weighted by molar-refractivity contribution is 0.187. The highest BCUT2D eigenvalue weighted by molar-refractivity contribution is 5.14. The number of hydrogen-bond donors (Lipinski definition) is 0. The molecule has 0 spiro atoms. The highest BCUT2D eigenvalue weighted by Crippen LogP contribution is 2.71. The zero-order valence-electron chi connectivity index (χ0n) is 7.29. The summed E-state index contributed by atoms with van der Waals surface area (Å²) in [7, 11) is 2.25. The van der Waals surface area contributed by atoms with E-state index in [9.17, 15) is 0 Å². The van der Waals surface area contributed by atoms with Gasteiger partial charge in [-0.15, -0.1) is 0 Å². The van der Waals surface area contributed by atoms with Crippen LogP contribution in [-0.2, 0) is 0 Å². The molecule has 2 atom stereocenters. The smallest absolute Gasteiger partial charge is 0.00190 e. The van der Waals surface area contributed by atoms with Crippen LogP contribution in [0.5, 0.6) is 0 Å². The molecule has 1 aliphatic heterocycles. The van der Waals surface area contributed by atoms with Gasteiger partial charge in [0.2, 0.25) is 0 Å². The van der Waals surface area contributed by atoms with Crippen LogP contribution < -0.4 is 0 Å².